The monoisotopic (exact) mass is 272 g/mol. The zero-order valence-corrected chi connectivity index (χ0v) is 13.2. The van der Waals surface area contributed by atoms with Gasteiger partial charge in [0.1, 0.15) is 0 Å². The molecule has 0 rings (SSSR count). The zero-order valence-electron chi connectivity index (χ0n) is 13.2. The molecule has 0 aliphatic rings. The third kappa shape index (κ3) is 12.7. The third-order valence-corrected chi connectivity index (χ3v) is 3.90. The van der Waals surface area contributed by atoms with Crippen molar-refractivity contribution >= 4 is 0 Å². The molecule has 0 bridgehead atoms. The van der Waals surface area contributed by atoms with E-state index in [2.05, 4.69) is 13.8 Å². The average molecular weight is 272 g/mol. The number of hydrogen-bond acceptors (Lipinski definition) is 2. The molecule has 0 spiro atoms. The van der Waals surface area contributed by atoms with Crippen molar-refractivity contribution in [2.24, 2.45) is 0 Å². The van der Waals surface area contributed by atoms with Crippen molar-refractivity contribution < 1.29 is 10.2 Å². The summed E-state index contributed by atoms with van der Waals surface area (Å²) in [6.45, 7) is 4.40. The minimum atomic E-state index is -0.504. The van der Waals surface area contributed by atoms with Crippen molar-refractivity contribution in [1.82, 2.24) is 0 Å². The summed E-state index contributed by atoms with van der Waals surface area (Å²) in [6.07, 6.45) is 14.1. The topological polar surface area (TPSA) is 40.5 Å². The van der Waals surface area contributed by atoms with Gasteiger partial charge in [-0.1, -0.05) is 84.5 Å². The Kier molecular flexibility index (Phi) is 14.3. The van der Waals surface area contributed by atoms with Crippen LogP contribution in [0.3, 0.4) is 0 Å². The predicted molar refractivity (Wildman–Crippen MR) is 83.4 cm³/mol. The van der Waals surface area contributed by atoms with E-state index in [1.54, 1.807) is 0 Å². The van der Waals surface area contributed by atoms with E-state index in [4.69, 9.17) is 0 Å². The van der Waals surface area contributed by atoms with Crippen LogP contribution in [0.2, 0.25) is 0 Å². The van der Waals surface area contributed by atoms with Crippen molar-refractivity contribution in [3.05, 3.63) is 0 Å². The fourth-order valence-corrected chi connectivity index (χ4v) is 2.48. The molecule has 0 unspecified atom stereocenters. The fourth-order valence-electron chi connectivity index (χ4n) is 2.48. The van der Waals surface area contributed by atoms with E-state index in [-0.39, 0.29) is 0 Å². The second kappa shape index (κ2) is 14.3. The molecule has 0 aliphatic carbocycles. The van der Waals surface area contributed by atoms with Crippen LogP contribution in [0.25, 0.3) is 0 Å². The van der Waals surface area contributed by atoms with Crippen LogP contribution in [0.1, 0.15) is 97.3 Å². The van der Waals surface area contributed by atoms with E-state index in [1.807, 2.05) is 0 Å². The maximum absolute atomic E-state index is 9.84. The van der Waals surface area contributed by atoms with Gasteiger partial charge in [-0.05, 0) is 12.8 Å². The van der Waals surface area contributed by atoms with Gasteiger partial charge in [0.2, 0.25) is 0 Å². The first-order valence-electron chi connectivity index (χ1n) is 8.58. The first-order chi connectivity index (χ1) is 9.22. The number of unbranched alkanes of at least 4 members (excludes halogenated alkanes) is 9. The summed E-state index contributed by atoms with van der Waals surface area (Å²) in [5.74, 6) is 0. The summed E-state index contributed by atoms with van der Waals surface area (Å²) < 4.78 is 0. The van der Waals surface area contributed by atoms with Gasteiger partial charge in [-0.15, -0.1) is 0 Å². The zero-order chi connectivity index (χ0) is 14.3. The van der Waals surface area contributed by atoms with Gasteiger partial charge in [0, 0.05) is 0 Å². The number of rotatable bonds is 14. The van der Waals surface area contributed by atoms with Gasteiger partial charge in [-0.3, -0.25) is 0 Å². The molecule has 0 heterocycles. The van der Waals surface area contributed by atoms with Crippen molar-refractivity contribution in [2.75, 3.05) is 0 Å². The summed E-state index contributed by atoms with van der Waals surface area (Å²) in [7, 11) is 0. The Morgan fingerprint density at radius 2 is 0.842 bits per heavy atom. The molecule has 0 aromatic rings. The molecular formula is C17H36O2. The molecule has 2 heteroatoms. The predicted octanol–water partition coefficient (Wildman–Crippen LogP) is 4.82. The highest BCUT2D eigenvalue weighted by Gasteiger charge is 2.14. The van der Waals surface area contributed by atoms with Crippen molar-refractivity contribution in [1.29, 1.82) is 0 Å². The lowest BCUT2D eigenvalue weighted by Crippen LogP contribution is -2.25. The van der Waals surface area contributed by atoms with Gasteiger partial charge in [-0.25, -0.2) is 0 Å². The fraction of sp³-hybridized carbons (Fsp3) is 1.00. The van der Waals surface area contributed by atoms with Crippen LogP contribution in [-0.2, 0) is 0 Å². The standard InChI is InChI=1S/C17H36O2/c1-3-5-7-8-9-10-11-13-15-17(19)16(18)14-12-6-4-2/h16-19H,3-15H2,1-2H3/t16-,17+/m1/s1. The van der Waals surface area contributed by atoms with Crippen LogP contribution >= 0.6 is 0 Å². The molecule has 116 valence electrons. The Morgan fingerprint density at radius 1 is 0.526 bits per heavy atom. The minimum Gasteiger partial charge on any atom is -0.390 e. The number of aliphatic hydroxyl groups excluding tert-OH is 2. The summed E-state index contributed by atoms with van der Waals surface area (Å²) >= 11 is 0. The normalized spacial score (nSPS) is 14.5. The summed E-state index contributed by atoms with van der Waals surface area (Å²) in [6, 6.07) is 0. The Balaban J connectivity index is 3.29. The Hall–Kier alpha value is -0.0800. The molecule has 2 atom stereocenters. The molecule has 0 saturated heterocycles. The molecular weight excluding hydrogens is 236 g/mol. The number of hydrogen-bond donors (Lipinski definition) is 2. The van der Waals surface area contributed by atoms with Gasteiger partial charge in [0.05, 0.1) is 12.2 Å². The van der Waals surface area contributed by atoms with Gasteiger partial charge in [0.15, 0.2) is 0 Å². The highest BCUT2D eigenvalue weighted by atomic mass is 16.3. The molecule has 0 fully saturated rings. The van der Waals surface area contributed by atoms with Crippen LogP contribution < -0.4 is 0 Å². The highest BCUT2D eigenvalue weighted by Crippen LogP contribution is 2.14. The average Bonchev–Trinajstić information content (AvgIpc) is 2.41. The number of aliphatic hydroxyl groups is 2. The van der Waals surface area contributed by atoms with Gasteiger partial charge < -0.3 is 10.2 Å². The maximum Gasteiger partial charge on any atom is 0.0799 e. The minimum absolute atomic E-state index is 0.503. The molecule has 2 N–H and O–H groups in total. The highest BCUT2D eigenvalue weighted by molar-refractivity contribution is 4.67. The Morgan fingerprint density at radius 3 is 1.32 bits per heavy atom. The van der Waals surface area contributed by atoms with Gasteiger partial charge in [-0.2, -0.15) is 0 Å². The summed E-state index contributed by atoms with van der Waals surface area (Å²) in [4.78, 5) is 0. The van der Waals surface area contributed by atoms with E-state index in [1.165, 1.54) is 51.4 Å². The summed E-state index contributed by atoms with van der Waals surface area (Å²) in [5.41, 5.74) is 0. The van der Waals surface area contributed by atoms with Crippen LogP contribution in [0, 0.1) is 0 Å². The molecule has 0 aliphatic heterocycles. The third-order valence-electron chi connectivity index (χ3n) is 3.90. The first kappa shape index (κ1) is 18.9. The smallest absolute Gasteiger partial charge is 0.0799 e. The second-order valence-electron chi connectivity index (χ2n) is 5.89. The van der Waals surface area contributed by atoms with E-state index < -0.39 is 12.2 Å². The van der Waals surface area contributed by atoms with Crippen molar-refractivity contribution in [2.45, 2.75) is 110 Å². The molecule has 0 aromatic heterocycles. The molecule has 19 heavy (non-hydrogen) atoms. The van der Waals surface area contributed by atoms with Crippen LogP contribution in [0.5, 0.6) is 0 Å². The Bertz CT molecular complexity index is 171. The van der Waals surface area contributed by atoms with Crippen molar-refractivity contribution in [3.8, 4) is 0 Å². The molecule has 0 saturated carbocycles. The maximum atomic E-state index is 9.84. The quantitative estimate of drug-likeness (QED) is 0.445. The van der Waals surface area contributed by atoms with Crippen molar-refractivity contribution in [3.63, 3.8) is 0 Å². The second-order valence-corrected chi connectivity index (χ2v) is 5.89. The lowest BCUT2D eigenvalue weighted by Gasteiger charge is -2.17. The van der Waals surface area contributed by atoms with Crippen LogP contribution in [0.15, 0.2) is 0 Å². The van der Waals surface area contributed by atoms with Crippen LogP contribution in [-0.4, -0.2) is 22.4 Å². The van der Waals surface area contributed by atoms with E-state index in [0.29, 0.717) is 0 Å². The van der Waals surface area contributed by atoms with Crippen LogP contribution in [0.4, 0.5) is 0 Å². The van der Waals surface area contributed by atoms with Gasteiger partial charge in [0.25, 0.3) is 0 Å². The SMILES string of the molecule is CCCCCCCCCC[C@H](O)[C@H](O)CCCCC. The molecule has 0 amide bonds. The van der Waals surface area contributed by atoms with E-state index >= 15 is 0 Å². The molecule has 0 radical (unpaired) electrons. The first-order valence-corrected chi connectivity index (χ1v) is 8.58. The Labute approximate surface area is 120 Å². The van der Waals surface area contributed by atoms with Gasteiger partial charge >= 0.3 is 0 Å². The largest absolute Gasteiger partial charge is 0.390 e. The van der Waals surface area contributed by atoms with E-state index in [9.17, 15) is 10.2 Å². The summed E-state index contributed by atoms with van der Waals surface area (Å²) in [5, 5.41) is 19.6. The molecule has 2 nitrogen and oxygen atoms in total. The van der Waals surface area contributed by atoms with E-state index in [0.717, 1.165) is 32.1 Å². The lowest BCUT2D eigenvalue weighted by molar-refractivity contribution is 0.00718. The lowest BCUT2D eigenvalue weighted by atomic mass is 10.00. The molecule has 0 aromatic carbocycles.